The molecule has 0 fully saturated rings. The normalized spacial score (nSPS) is 11.4. The molecule has 3 aromatic carbocycles. The van der Waals surface area contributed by atoms with Gasteiger partial charge in [0.2, 0.25) is 5.55 Å². The number of anilines is 2. The minimum atomic E-state index is -0.349. The number of hydrogen-bond donors (Lipinski definition) is 3. The van der Waals surface area contributed by atoms with Gasteiger partial charge in [-0.05, 0) is 42.5 Å². The molecule has 0 saturated carbocycles. The van der Waals surface area contributed by atoms with Crippen LogP contribution < -0.4 is 16.3 Å². The number of rotatable bonds is 4. The van der Waals surface area contributed by atoms with Crippen molar-refractivity contribution in [3.63, 3.8) is 0 Å². The number of benzene rings is 3. The summed E-state index contributed by atoms with van der Waals surface area (Å²) in [5.41, 5.74) is 5.10. The van der Waals surface area contributed by atoms with Crippen molar-refractivity contribution in [2.75, 3.05) is 10.7 Å². The van der Waals surface area contributed by atoms with E-state index < -0.39 is 0 Å². The third-order valence-corrected chi connectivity index (χ3v) is 4.07. The van der Waals surface area contributed by atoms with Crippen LogP contribution in [-0.4, -0.2) is 11.0 Å². The number of phenolic OH excluding ortho intramolecular Hbond substituents is 1. The van der Waals surface area contributed by atoms with Gasteiger partial charge in [-0.15, -0.1) is 5.10 Å². The monoisotopic (exact) mass is 371 g/mol. The first-order valence-corrected chi connectivity index (χ1v) is 8.67. The Balaban J connectivity index is 1.78. The van der Waals surface area contributed by atoms with E-state index in [0.717, 1.165) is 5.69 Å². The molecule has 0 atom stereocenters. The Morgan fingerprint density at radius 2 is 1.54 bits per heavy atom. The molecule has 1 amide bonds. The lowest BCUT2D eigenvalue weighted by atomic mass is 10.1. The van der Waals surface area contributed by atoms with Gasteiger partial charge in [-0.2, -0.15) is 0 Å². The molecule has 0 unspecified atom stereocenters. The van der Waals surface area contributed by atoms with Crippen LogP contribution in [-0.2, 0) is 0 Å². The molecule has 138 valence electrons. The highest BCUT2D eigenvalue weighted by Crippen LogP contribution is 2.20. The minimum absolute atomic E-state index is 0.0692. The fourth-order valence-corrected chi connectivity index (χ4v) is 2.70. The standard InChI is InChI=1S/C22H17N3O3/c26-18-12-11-15-13-19(21(27)23-16-7-3-1-4-8-16)22(28-20(15)14-18)25-24-17-9-5-2-6-10-17/h1-14,24,26H,(H,23,27). The SMILES string of the molecule is O=C(Nc1ccccc1)c1cc2ccc(O)cc2oc1=NNc1ccccc1. The molecule has 0 spiro atoms. The van der Waals surface area contributed by atoms with Gasteiger partial charge in [0.15, 0.2) is 0 Å². The second-order valence-corrected chi connectivity index (χ2v) is 6.10. The summed E-state index contributed by atoms with van der Waals surface area (Å²) in [5.74, 6) is -0.279. The van der Waals surface area contributed by atoms with Crippen LogP contribution in [0.1, 0.15) is 10.4 Å². The third-order valence-electron chi connectivity index (χ3n) is 4.07. The summed E-state index contributed by atoms with van der Waals surface area (Å²) in [6, 6.07) is 24.9. The van der Waals surface area contributed by atoms with E-state index >= 15 is 0 Å². The molecular formula is C22H17N3O3. The number of carbonyl (C=O) groups is 1. The van der Waals surface area contributed by atoms with E-state index in [2.05, 4.69) is 15.8 Å². The molecule has 0 aliphatic carbocycles. The number of aromatic hydroxyl groups is 1. The van der Waals surface area contributed by atoms with Crippen LogP contribution in [0.25, 0.3) is 11.0 Å². The topological polar surface area (TPSA) is 86.9 Å². The first-order valence-electron chi connectivity index (χ1n) is 8.67. The Labute approximate surface area is 160 Å². The Morgan fingerprint density at radius 1 is 0.857 bits per heavy atom. The fourth-order valence-electron chi connectivity index (χ4n) is 2.70. The largest absolute Gasteiger partial charge is 0.508 e. The van der Waals surface area contributed by atoms with Gasteiger partial charge in [0, 0.05) is 17.1 Å². The molecule has 1 aromatic heterocycles. The lowest BCUT2D eigenvalue weighted by Gasteiger charge is -2.07. The maximum Gasteiger partial charge on any atom is 0.261 e. The molecular weight excluding hydrogens is 354 g/mol. The Bertz CT molecular complexity index is 1190. The molecule has 4 rings (SSSR count). The average molecular weight is 371 g/mol. The van der Waals surface area contributed by atoms with Gasteiger partial charge in [-0.3, -0.25) is 10.2 Å². The number of hydrogen-bond acceptors (Lipinski definition) is 5. The summed E-state index contributed by atoms with van der Waals surface area (Å²) in [4.78, 5) is 12.8. The van der Waals surface area contributed by atoms with Crippen molar-refractivity contribution in [1.82, 2.24) is 0 Å². The average Bonchev–Trinajstić information content (AvgIpc) is 2.73. The number of amides is 1. The predicted molar refractivity (Wildman–Crippen MR) is 108 cm³/mol. The summed E-state index contributed by atoms with van der Waals surface area (Å²) in [5, 5.41) is 17.5. The van der Waals surface area contributed by atoms with Crippen molar-refractivity contribution in [3.8, 4) is 5.75 Å². The highest BCUT2D eigenvalue weighted by atomic mass is 16.3. The quantitative estimate of drug-likeness (QED) is 0.466. The van der Waals surface area contributed by atoms with E-state index in [1.165, 1.54) is 12.1 Å². The lowest BCUT2D eigenvalue weighted by Crippen LogP contribution is -2.22. The van der Waals surface area contributed by atoms with Crippen LogP contribution in [0.2, 0.25) is 0 Å². The van der Waals surface area contributed by atoms with Gasteiger partial charge in [0.25, 0.3) is 5.91 Å². The van der Waals surface area contributed by atoms with Crippen LogP contribution in [0, 0.1) is 0 Å². The molecule has 3 N–H and O–H groups in total. The summed E-state index contributed by atoms with van der Waals surface area (Å²) >= 11 is 0. The fraction of sp³-hybridized carbons (Fsp3) is 0. The highest BCUT2D eigenvalue weighted by Gasteiger charge is 2.13. The van der Waals surface area contributed by atoms with Crippen molar-refractivity contribution in [2.24, 2.45) is 5.10 Å². The van der Waals surface area contributed by atoms with Crippen LogP contribution in [0.5, 0.6) is 5.75 Å². The Hall–Kier alpha value is -4.06. The zero-order chi connectivity index (χ0) is 19.3. The second kappa shape index (κ2) is 7.67. The molecule has 0 saturated heterocycles. The van der Waals surface area contributed by atoms with Crippen molar-refractivity contribution < 1.29 is 14.3 Å². The van der Waals surface area contributed by atoms with Gasteiger partial charge in [0.05, 0.1) is 5.69 Å². The molecule has 0 radical (unpaired) electrons. The van der Waals surface area contributed by atoms with Crippen molar-refractivity contribution in [1.29, 1.82) is 0 Å². The first kappa shape index (κ1) is 17.4. The van der Waals surface area contributed by atoms with Crippen LogP contribution in [0.15, 0.2) is 94.4 Å². The van der Waals surface area contributed by atoms with Gasteiger partial charge in [-0.25, -0.2) is 0 Å². The van der Waals surface area contributed by atoms with Gasteiger partial charge < -0.3 is 14.8 Å². The Morgan fingerprint density at radius 3 is 2.25 bits per heavy atom. The molecule has 4 aromatic rings. The molecule has 0 aliphatic heterocycles. The smallest absolute Gasteiger partial charge is 0.261 e. The van der Waals surface area contributed by atoms with E-state index in [-0.39, 0.29) is 22.8 Å². The summed E-state index contributed by atoms with van der Waals surface area (Å²) in [7, 11) is 0. The van der Waals surface area contributed by atoms with Crippen molar-refractivity contribution in [2.45, 2.75) is 0 Å². The number of nitrogens with one attached hydrogen (secondary N) is 2. The van der Waals surface area contributed by atoms with E-state index in [1.54, 1.807) is 24.3 Å². The summed E-state index contributed by atoms with van der Waals surface area (Å²) < 4.78 is 5.80. The predicted octanol–water partition coefficient (Wildman–Crippen LogP) is 4.32. The number of nitrogens with zero attached hydrogens (tertiary/aromatic N) is 1. The van der Waals surface area contributed by atoms with Crippen LogP contribution in [0.4, 0.5) is 11.4 Å². The Kier molecular flexibility index (Phi) is 4.76. The number of para-hydroxylation sites is 2. The van der Waals surface area contributed by atoms with Crippen LogP contribution >= 0.6 is 0 Å². The lowest BCUT2D eigenvalue weighted by molar-refractivity contribution is 0.102. The minimum Gasteiger partial charge on any atom is -0.508 e. The third kappa shape index (κ3) is 3.86. The van der Waals surface area contributed by atoms with Crippen molar-refractivity contribution >= 4 is 28.3 Å². The number of carbonyl (C=O) groups excluding carboxylic acids is 1. The zero-order valence-corrected chi connectivity index (χ0v) is 14.8. The van der Waals surface area contributed by atoms with E-state index in [9.17, 15) is 9.90 Å². The zero-order valence-electron chi connectivity index (χ0n) is 14.8. The summed E-state index contributed by atoms with van der Waals surface area (Å²) in [6.45, 7) is 0. The van der Waals surface area contributed by atoms with Crippen LogP contribution in [0.3, 0.4) is 0 Å². The molecule has 28 heavy (non-hydrogen) atoms. The van der Waals surface area contributed by atoms with Gasteiger partial charge in [0.1, 0.15) is 16.9 Å². The maximum atomic E-state index is 12.8. The number of phenols is 1. The molecule has 0 bridgehead atoms. The van der Waals surface area contributed by atoms with E-state index in [1.807, 2.05) is 48.5 Å². The van der Waals surface area contributed by atoms with Gasteiger partial charge in [-0.1, -0.05) is 36.4 Å². The maximum absolute atomic E-state index is 12.8. The highest BCUT2D eigenvalue weighted by molar-refractivity contribution is 6.05. The van der Waals surface area contributed by atoms with E-state index in [0.29, 0.717) is 16.7 Å². The van der Waals surface area contributed by atoms with E-state index in [4.69, 9.17) is 4.42 Å². The van der Waals surface area contributed by atoms with Crippen molar-refractivity contribution in [3.05, 3.63) is 96.0 Å². The summed E-state index contributed by atoms with van der Waals surface area (Å²) in [6.07, 6.45) is 0. The number of fused-ring (bicyclic) bond motifs is 1. The second-order valence-electron chi connectivity index (χ2n) is 6.10. The molecule has 0 aliphatic rings. The molecule has 6 heteroatoms. The van der Waals surface area contributed by atoms with Gasteiger partial charge >= 0.3 is 0 Å². The molecule has 6 nitrogen and oxygen atoms in total. The first-order chi connectivity index (χ1) is 13.7. The molecule has 1 heterocycles.